The molecule has 1 aromatic carbocycles. The van der Waals surface area contributed by atoms with Crippen LogP contribution in [0.3, 0.4) is 0 Å². The summed E-state index contributed by atoms with van der Waals surface area (Å²) in [5.41, 5.74) is 3.50. The van der Waals surface area contributed by atoms with Crippen LogP contribution < -0.4 is 0 Å². The summed E-state index contributed by atoms with van der Waals surface area (Å²) in [4.78, 5) is 23.3. The molecule has 2 aliphatic heterocycles. The summed E-state index contributed by atoms with van der Waals surface area (Å²) in [5.74, 6) is 0.126. The van der Waals surface area contributed by atoms with Crippen molar-refractivity contribution in [3.63, 3.8) is 0 Å². The fourth-order valence-corrected chi connectivity index (χ4v) is 5.42. The van der Waals surface area contributed by atoms with Gasteiger partial charge in [-0.05, 0) is 66.6 Å². The molecule has 0 saturated carbocycles. The Balaban J connectivity index is 1.66. The van der Waals surface area contributed by atoms with Crippen molar-refractivity contribution in [2.24, 2.45) is 4.99 Å². The SMILES string of the molecule is C=C(/C=C1/N=C(C(=O)N2CCc3sccc3C2C)C=C(CC)N1C)c1ccc(Br)cc1F. The lowest BCUT2D eigenvalue weighted by Gasteiger charge is -2.35. The standard InChI is InChI=1S/C25H25BrFN3OS/c1-5-18-14-22(25(31)30-10-8-23-20(16(30)3)9-11-32-23)28-24(29(18)4)12-15(2)19-7-6-17(26)13-21(19)27/h6-7,9,11-14,16H,2,5,8,10H2,1,3-4H3/b24-12-. The summed E-state index contributed by atoms with van der Waals surface area (Å²) in [7, 11) is 1.90. The number of rotatable bonds is 4. The highest BCUT2D eigenvalue weighted by Crippen LogP contribution is 2.34. The van der Waals surface area contributed by atoms with E-state index < -0.39 is 0 Å². The number of carbonyl (C=O) groups excluding carboxylic acids is 1. The summed E-state index contributed by atoms with van der Waals surface area (Å²) in [6.07, 6.45) is 5.20. The number of hydrogen-bond donors (Lipinski definition) is 0. The normalized spacial score (nSPS) is 19.5. The molecule has 166 valence electrons. The molecule has 4 nitrogen and oxygen atoms in total. The highest BCUT2D eigenvalue weighted by molar-refractivity contribution is 9.10. The van der Waals surface area contributed by atoms with E-state index in [2.05, 4.69) is 45.9 Å². The number of allylic oxidation sites excluding steroid dienone is 3. The lowest BCUT2D eigenvalue weighted by Crippen LogP contribution is -2.42. The van der Waals surface area contributed by atoms with Gasteiger partial charge in [-0.3, -0.25) is 4.79 Å². The molecule has 4 rings (SSSR count). The minimum atomic E-state index is -0.361. The van der Waals surface area contributed by atoms with Gasteiger partial charge < -0.3 is 9.80 Å². The van der Waals surface area contributed by atoms with Crippen molar-refractivity contribution in [1.29, 1.82) is 0 Å². The minimum absolute atomic E-state index is 0.0117. The topological polar surface area (TPSA) is 35.9 Å². The van der Waals surface area contributed by atoms with Crippen LogP contribution in [0.2, 0.25) is 0 Å². The number of hydrogen-bond acceptors (Lipinski definition) is 4. The maximum atomic E-state index is 14.4. The van der Waals surface area contributed by atoms with Gasteiger partial charge in [-0.25, -0.2) is 9.38 Å². The van der Waals surface area contributed by atoms with Crippen LogP contribution in [0.25, 0.3) is 5.57 Å². The Labute approximate surface area is 200 Å². The third kappa shape index (κ3) is 4.24. The van der Waals surface area contributed by atoms with E-state index in [1.807, 2.05) is 29.8 Å². The van der Waals surface area contributed by atoms with Gasteiger partial charge in [0.1, 0.15) is 17.3 Å². The summed E-state index contributed by atoms with van der Waals surface area (Å²) >= 11 is 5.03. The monoisotopic (exact) mass is 513 g/mol. The van der Waals surface area contributed by atoms with Crippen LogP contribution in [0.5, 0.6) is 0 Å². The molecule has 2 aromatic rings. The van der Waals surface area contributed by atoms with E-state index in [0.29, 0.717) is 33.7 Å². The first-order valence-corrected chi connectivity index (χ1v) is 12.2. The zero-order valence-electron chi connectivity index (χ0n) is 18.4. The molecule has 2 aliphatic rings. The average Bonchev–Trinajstić information content (AvgIpc) is 3.24. The first-order chi connectivity index (χ1) is 15.3. The van der Waals surface area contributed by atoms with E-state index >= 15 is 0 Å². The largest absolute Gasteiger partial charge is 0.333 e. The first-order valence-electron chi connectivity index (χ1n) is 10.6. The number of carbonyl (C=O) groups is 1. The molecule has 1 amide bonds. The molecular weight excluding hydrogens is 489 g/mol. The molecule has 0 N–H and O–H groups in total. The Morgan fingerprint density at radius 2 is 2.19 bits per heavy atom. The van der Waals surface area contributed by atoms with Gasteiger partial charge in [-0.1, -0.05) is 35.5 Å². The van der Waals surface area contributed by atoms with Crippen molar-refractivity contribution in [2.75, 3.05) is 13.6 Å². The smallest absolute Gasteiger partial charge is 0.273 e. The fourth-order valence-electron chi connectivity index (χ4n) is 4.13. The number of benzene rings is 1. The molecule has 0 bridgehead atoms. The van der Waals surface area contributed by atoms with Gasteiger partial charge in [0.05, 0.1) is 6.04 Å². The minimum Gasteiger partial charge on any atom is -0.333 e. The van der Waals surface area contributed by atoms with Crippen LogP contribution in [0.1, 0.15) is 42.3 Å². The summed E-state index contributed by atoms with van der Waals surface area (Å²) < 4.78 is 15.1. The Morgan fingerprint density at radius 1 is 1.41 bits per heavy atom. The van der Waals surface area contributed by atoms with Crippen LogP contribution in [-0.2, 0) is 11.2 Å². The highest BCUT2D eigenvalue weighted by atomic mass is 79.9. The lowest BCUT2D eigenvalue weighted by molar-refractivity contribution is -0.126. The Kier molecular flexibility index (Phi) is 6.49. The van der Waals surface area contributed by atoms with Crippen molar-refractivity contribution in [2.45, 2.75) is 32.7 Å². The Bertz CT molecular complexity index is 1180. The molecular formula is C25H25BrFN3OS. The summed E-state index contributed by atoms with van der Waals surface area (Å²) in [5, 5.41) is 2.09. The molecule has 0 saturated heterocycles. The van der Waals surface area contributed by atoms with Gasteiger partial charge in [0.25, 0.3) is 5.91 Å². The van der Waals surface area contributed by atoms with Crippen LogP contribution in [0, 0.1) is 5.82 Å². The lowest BCUT2D eigenvalue weighted by atomic mass is 10.0. The van der Waals surface area contributed by atoms with E-state index in [1.54, 1.807) is 29.5 Å². The Hall–Kier alpha value is -2.51. The van der Waals surface area contributed by atoms with E-state index in [4.69, 9.17) is 0 Å². The maximum absolute atomic E-state index is 14.4. The number of nitrogens with zero attached hydrogens (tertiary/aromatic N) is 3. The van der Waals surface area contributed by atoms with E-state index in [1.165, 1.54) is 16.5 Å². The van der Waals surface area contributed by atoms with Gasteiger partial charge in [0.2, 0.25) is 0 Å². The second kappa shape index (κ2) is 9.16. The highest BCUT2D eigenvalue weighted by Gasteiger charge is 2.31. The third-order valence-electron chi connectivity index (χ3n) is 6.01. The van der Waals surface area contributed by atoms with Crippen LogP contribution in [-0.4, -0.2) is 35.0 Å². The predicted molar refractivity (Wildman–Crippen MR) is 133 cm³/mol. The van der Waals surface area contributed by atoms with Crippen molar-refractivity contribution in [1.82, 2.24) is 9.80 Å². The van der Waals surface area contributed by atoms with Crippen molar-refractivity contribution in [3.8, 4) is 0 Å². The number of aliphatic imine (C=N–C) groups is 1. The van der Waals surface area contributed by atoms with Crippen molar-refractivity contribution >= 4 is 44.5 Å². The van der Waals surface area contributed by atoms with Crippen molar-refractivity contribution in [3.05, 3.63) is 86.2 Å². The number of halogens is 2. The van der Waals surface area contributed by atoms with Gasteiger partial charge in [0, 0.05) is 34.2 Å². The van der Waals surface area contributed by atoms with Gasteiger partial charge in [-0.2, -0.15) is 0 Å². The van der Waals surface area contributed by atoms with Gasteiger partial charge in [0.15, 0.2) is 0 Å². The number of amides is 1. The summed E-state index contributed by atoms with van der Waals surface area (Å²) in [6, 6.07) is 6.99. The van der Waals surface area contributed by atoms with E-state index in [9.17, 15) is 9.18 Å². The molecule has 0 fully saturated rings. The van der Waals surface area contributed by atoms with E-state index in [-0.39, 0.29) is 17.8 Å². The molecule has 0 radical (unpaired) electrons. The fraction of sp³-hybridized carbons (Fsp3) is 0.280. The Morgan fingerprint density at radius 3 is 2.91 bits per heavy atom. The second-order valence-electron chi connectivity index (χ2n) is 7.92. The van der Waals surface area contributed by atoms with E-state index in [0.717, 1.165) is 18.5 Å². The zero-order valence-corrected chi connectivity index (χ0v) is 20.8. The maximum Gasteiger partial charge on any atom is 0.273 e. The third-order valence-corrected chi connectivity index (χ3v) is 7.50. The molecule has 32 heavy (non-hydrogen) atoms. The number of fused-ring (bicyclic) bond motifs is 1. The van der Waals surface area contributed by atoms with Crippen LogP contribution in [0.4, 0.5) is 4.39 Å². The molecule has 1 unspecified atom stereocenters. The predicted octanol–water partition coefficient (Wildman–Crippen LogP) is 6.33. The molecule has 1 atom stereocenters. The molecule has 1 aromatic heterocycles. The van der Waals surface area contributed by atoms with Crippen LogP contribution in [0.15, 0.2) is 69.4 Å². The van der Waals surface area contributed by atoms with Crippen LogP contribution >= 0.6 is 27.3 Å². The zero-order chi connectivity index (χ0) is 23.0. The van der Waals surface area contributed by atoms with Gasteiger partial charge in [-0.15, -0.1) is 11.3 Å². The molecule has 0 spiro atoms. The van der Waals surface area contributed by atoms with Crippen molar-refractivity contribution < 1.29 is 9.18 Å². The number of thiophene rings is 1. The first kappa shape index (κ1) is 22.7. The van der Waals surface area contributed by atoms with Gasteiger partial charge >= 0.3 is 0 Å². The second-order valence-corrected chi connectivity index (χ2v) is 9.84. The summed E-state index contributed by atoms with van der Waals surface area (Å²) in [6.45, 7) is 8.82. The quantitative estimate of drug-likeness (QED) is 0.478. The average molecular weight is 514 g/mol. The molecule has 0 aliphatic carbocycles. The molecule has 7 heteroatoms. The molecule has 3 heterocycles.